The smallest absolute Gasteiger partial charge is 0.240 e. The molecule has 4 rings (SSSR count). The Morgan fingerprint density at radius 2 is 1.93 bits per heavy atom. The number of nitrogens with zero attached hydrogens (tertiary/aromatic N) is 2. The fourth-order valence-corrected chi connectivity index (χ4v) is 4.07. The molecule has 1 aromatic carbocycles. The van der Waals surface area contributed by atoms with Gasteiger partial charge in [0, 0.05) is 25.5 Å². The molecular formula is C17H22N4O5S. The zero-order valence-electron chi connectivity index (χ0n) is 14.8. The van der Waals surface area contributed by atoms with E-state index in [1.165, 1.54) is 12.1 Å². The third-order valence-corrected chi connectivity index (χ3v) is 6.28. The predicted octanol–water partition coefficient (Wildman–Crippen LogP) is 1.09. The molecule has 0 saturated heterocycles. The van der Waals surface area contributed by atoms with Crippen LogP contribution in [0.25, 0.3) is 0 Å². The van der Waals surface area contributed by atoms with Crippen molar-refractivity contribution >= 4 is 10.0 Å². The molecule has 2 aliphatic rings. The van der Waals surface area contributed by atoms with E-state index in [4.69, 9.17) is 19.7 Å². The first-order valence-corrected chi connectivity index (χ1v) is 10.5. The Morgan fingerprint density at radius 1 is 1.15 bits per heavy atom. The molecule has 10 heteroatoms. The lowest BCUT2D eigenvalue weighted by molar-refractivity contribution is 0.229. The highest BCUT2D eigenvalue weighted by Crippen LogP contribution is 2.37. The highest BCUT2D eigenvalue weighted by atomic mass is 32.2. The molecule has 9 nitrogen and oxygen atoms in total. The lowest BCUT2D eigenvalue weighted by Gasteiger charge is -2.34. The van der Waals surface area contributed by atoms with Crippen LogP contribution in [-0.2, 0) is 22.0 Å². The summed E-state index contributed by atoms with van der Waals surface area (Å²) in [6, 6.07) is 4.58. The SMILES string of the molecule is NC1(c2noc(CCNS(=O)(=O)c3ccc4c(c3)OCCCO4)n2)CCC1. The minimum Gasteiger partial charge on any atom is -0.490 e. The first-order chi connectivity index (χ1) is 13.0. The summed E-state index contributed by atoms with van der Waals surface area (Å²) in [5.74, 6) is 1.85. The normalized spacial score (nSPS) is 18.6. The van der Waals surface area contributed by atoms with Crippen LogP contribution in [0.3, 0.4) is 0 Å². The average molecular weight is 394 g/mol. The van der Waals surface area contributed by atoms with Gasteiger partial charge in [0.2, 0.25) is 15.9 Å². The molecule has 1 aliphatic heterocycles. The van der Waals surface area contributed by atoms with Crippen molar-refractivity contribution in [3.8, 4) is 11.5 Å². The molecule has 0 atom stereocenters. The Kier molecular flexibility index (Phi) is 4.79. The standard InChI is InChI=1S/C17H22N4O5S/c18-17(6-1-7-17)16-20-15(26-21-16)5-8-19-27(22,23)12-3-4-13-14(11-12)25-10-2-9-24-13/h3-4,11,19H,1-2,5-10,18H2. The van der Waals surface area contributed by atoms with Gasteiger partial charge in [-0.3, -0.25) is 0 Å². The van der Waals surface area contributed by atoms with Crippen molar-refractivity contribution < 1.29 is 22.4 Å². The van der Waals surface area contributed by atoms with Crippen LogP contribution >= 0.6 is 0 Å². The van der Waals surface area contributed by atoms with Crippen molar-refractivity contribution in [3.05, 3.63) is 29.9 Å². The largest absolute Gasteiger partial charge is 0.490 e. The van der Waals surface area contributed by atoms with Gasteiger partial charge in [0.25, 0.3) is 0 Å². The van der Waals surface area contributed by atoms with Gasteiger partial charge in [-0.1, -0.05) is 5.16 Å². The van der Waals surface area contributed by atoms with Gasteiger partial charge < -0.3 is 19.7 Å². The molecule has 0 spiro atoms. The van der Waals surface area contributed by atoms with E-state index in [0.717, 1.165) is 25.7 Å². The number of ether oxygens (including phenoxy) is 2. The van der Waals surface area contributed by atoms with Gasteiger partial charge in [0.05, 0.1) is 23.6 Å². The number of sulfonamides is 1. The van der Waals surface area contributed by atoms with Crippen LogP contribution in [0.4, 0.5) is 0 Å². The summed E-state index contributed by atoms with van der Waals surface area (Å²) in [6.45, 7) is 1.18. The highest BCUT2D eigenvalue weighted by Gasteiger charge is 2.38. The third kappa shape index (κ3) is 3.78. The van der Waals surface area contributed by atoms with Crippen molar-refractivity contribution in [1.82, 2.24) is 14.9 Å². The maximum absolute atomic E-state index is 12.5. The number of fused-ring (bicyclic) bond motifs is 1. The molecule has 2 aromatic rings. The van der Waals surface area contributed by atoms with Gasteiger partial charge >= 0.3 is 0 Å². The maximum atomic E-state index is 12.5. The van der Waals surface area contributed by atoms with Crippen LogP contribution in [0.1, 0.15) is 37.4 Å². The van der Waals surface area contributed by atoms with Crippen molar-refractivity contribution in [3.63, 3.8) is 0 Å². The second-order valence-electron chi connectivity index (χ2n) is 6.83. The molecule has 2 heterocycles. The molecule has 27 heavy (non-hydrogen) atoms. The van der Waals surface area contributed by atoms with E-state index in [2.05, 4.69) is 14.9 Å². The molecule has 0 radical (unpaired) electrons. The monoisotopic (exact) mass is 394 g/mol. The van der Waals surface area contributed by atoms with E-state index < -0.39 is 15.6 Å². The summed E-state index contributed by atoms with van der Waals surface area (Å²) in [6.07, 6.45) is 3.76. The van der Waals surface area contributed by atoms with Crippen LogP contribution in [0.2, 0.25) is 0 Å². The lowest BCUT2D eigenvalue weighted by atomic mass is 9.77. The van der Waals surface area contributed by atoms with E-state index in [0.29, 0.717) is 36.4 Å². The minimum absolute atomic E-state index is 0.119. The Labute approximate surface area is 157 Å². The number of benzene rings is 1. The van der Waals surface area contributed by atoms with Crippen molar-refractivity contribution in [2.24, 2.45) is 5.73 Å². The highest BCUT2D eigenvalue weighted by molar-refractivity contribution is 7.89. The van der Waals surface area contributed by atoms with Crippen LogP contribution < -0.4 is 19.9 Å². The van der Waals surface area contributed by atoms with Crippen molar-refractivity contribution in [2.75, 3.05) is 19.8 Å². The molecule has 1 aromatic heterocycles. The van der Waals surface area contributed by atoms with E-state index in [-0.39, 0.29) is 17.9 Å². The van der Waals surface area contributed by atoms with Gasteiger partial charge in [-0.2, -0.15) is 4.98 Å². The van der Waals surface area contributed by atoms with Crippen LogP contribution in [0, 0.1) is 0 Å². The minimum atomic E-state index is -3.69. The fourth-order valence-electron chi connectivity index (χ4n) is 3.03. The predicted molar refractivity (Wildman–Crippen MR) is 95.0 cm³/mol. The zero-order chi connectivity index (χ0) is 18.9. The second-order valence-corrected chi connectivity index (χ2v) is 8.60. The van der Waals surface area contributed by atoms with Crippen molar-refractivity contribution in [2.45, 2.75) is 42.5 Å². The van der Waals surface area contributed by atoms with Gasteiger partial charge in [0.15, 0.2) is 17.3 Å². The van der Waals surface area contributed by atoms with Crippen LogP contribution in [0.15, 0.2) is 27.6 Å². The van der Waals surface area contributed by atoms with E-state index in [9.17, 15) is 8.42 Å². The Hall–Kier alpha value is -2.17. The maximum Gasteiger partial charge on any atom is 0.240 e. The van der Waals surface area contributed by atoms with Crippen LogP contribution in [-0.4, -0.2) is 38.3 Å². The van der Waals surface area contributed by atoms with E-state index in [1.54, 1.807) is 6.07 Å². The zero-order valence-corrected chi connectivity index (χ0v) is 15.6. The molecule has 0 bridgehead atoms. The Balaban J connectivity index is 1.38. The summed E-state index contributed by atoms with van der Waals surface area (Å²) in [7, 11) is -3.69. The first kappa shape index (κ1) is 18.2. The van der Waals surface area contributed by atoms with Crippen molar-refractivity contribution in [1.29, 1.82) is 0 Å². The molecule has 146 valence electrons. The van der Waals surface area contributed by atoms with Gasteiger partial charge in [0.1, 0.15) is 0 Å². The Bertz CT molecular complexity index is 923. The van der Waals surface area contributed by atoms with Gasteiger partial charge in [-0.05, 0) is 31.4 Å². The first-order valence-electron chi connectivity index (χ1n) is 8.98. The van der Waals surface area contributed by atoms with Gasteiger partial charge in [-0.25, -0.2) is 13.1 Å². The molecule has 1 aliphatic carbocycles. The summed E-state index contributed by atoms with van der Waals surface area (Å²) in [5, 5.41) is 3.92. The molecule has 1 saturated carbocycles. The average Bonchev–Trinajstić information content (AvgIpc) is 2.96. The number of nitrogens with one attached hydrogen (secondary N) is 1. The Morgan fingerprint density at radius 3 is 2.67 bits per heavy atom. The molecule has 3 N–H and O–H groups in total. The quantitative estimate of drug-likeness (QED) is 0.745. The second kappa shape index (κ2) is 7.10. The number of hydrogen-bond acceptors (Lipinski definition) is 8. The number of rotatable bonds is 6. The topological polar surface area (TPSA) is 130 Å². The van der Waals surface area contributed by atoms with Gasteiger partial charge in [-0.15, -0.1) is 0 Å². The summed E-state index contributed by atoms with van der Waals surface area (Å²) >= 11 is 0. The third-order valence-electron chi connectivity index (χ3n) is 4.82. The molecule has 0 unspecified atom stereocenters. The number of aromatic nitrogens is 2. The fraction of sp³-hybridized carbons (Fsp3) is 0.529. The van der Waals surface area contributed by atoms with Crippen LogP contribution in [0.5, 0.6) is 11.5 Å². The lowest BCUT2D eigenvalue weighted by Crippen LogP contribution is -2.44. The van der Waals surface area contributed by atoms with E-state index in [1.807, 2.05) is 0 Å². The summed E-state index contributed by atoms with van der Waals surface area (Å²) in [4.78, 5) is 4.41. The summed E-state index contributed by atoms with van der Waals surface area (Å²) < 4.78 is 43.8. The number of nitrogens with two attached hydrogens (primary N) is 1. The summed E-state index contributed by atoms with van der Waals surface area (Å²) in [5.41, 5.74) is 5.66. The number of hydrogen-bond donors (Lipinski definition) is 2. The molecular weight excluding hydrogens is 372 g/mol. The van der Waals surface area contributed by atoms with E-state index >= 15 is 0 Å². The molecule has 1 fully saturated rings. The molecule has 0 amide bonds.